The molecule has 0 bridgehead atoms. The molecule has 2 N–H and O–H groups in total. The number of rotatable bonds is 3. The van der Waals surface area contributed by atoms with E-state index in [0.717, 1.165) is 17.4 Å². The minimum Gasteiger partial charge on any atom is -0.317 e. The van der Waals surface area contributed by atoms with E-state index >= 15 is 0 Å². The summed E-state index contributed by atoms with van der Waals surface area (Å²) in [6.45, 7) is 13.4. The van der Waals surface area contributed by atoms with Crippen molar-refractivity contribution in [3.05, 3.63) is 0 Å². The Morgan fingerprint density at radius 1 is 1.06 bits per heavy atom. The van der Waals surface area contributed by atoms with E-state index in [4.69, 9.17) is 0 Å². The summed E-state index contributed by atoms with van der Waals surface area (Å²) in [6.07, 6.45) is 4.31. The second kappa shape index (κ2) is 3.48. The summed E-state index contributed by atoms with van der Waals surface area (Å²) in [4.78, 5) is 0. The van der Waals surface area contributed by atoms with Gasteiger partial charge in [-0.25, -0.2) is 0 Å². The molecule has 0 aromatic heterocycles. The van der Waals surface area contributed by atoms with Crippen molar-refractivity contribution in [2.24, 2.45) is 22.2 Å². The predicted octanol–water partition coefficient (Wildman–Crippen LogP) is 2.40. The topological polar surface area (TPSA) is 24.1 Å². The summed E-state index contributed by atoms with van der Waals surface area (Å²) >= 11 is 0. The molecule has 17 heavy (non-hydrogen) atoms. The fourth-order valence-electron chi connectivity index (χ4n) is 4.22. The normalized spacial score (nSPS) is 37.1. The lowest BCUT2D eigenvalue weighted by Gasteiger charge is -2.23. The molecule has 1 saturated heterocycles. The van der Waals surface area contributed by atoms with Gasteiger partial charge in [0.25, 0.3) is 0 Å². The average molecular weight is 236 g/mol. The van der Waals surface area contributed by atoms with Crippen molar-refractivity contribution >= 4 is 0 Å². The zero-order valence-corrected chi connectivity index (χ0v) is 11.9. The third-order valence-corrected chi connectivity index (χ3v) is 6.55. The fraction of sp³-hybridized carbons (Fsp3) is 1.00. The maximum absolute atomic E-state index is 3.85. The van der Waals surface area contributed by atoms with Crippen LogP contribution in [0.1, 0.15) is 47.0 Å². The van der Waals surface area contributed by atoms with Gasteiger partial charge in [0.15, 0.2) is 0 Å². The second-order valence-electron chi connectivity index (χ2n) is 7.80. The van der Waals surface area contributed by atoms with E-state index in [2.05, 4.69) is 38.3 Å². The fourth-order valence-corrected chi connectivity index (χ4v) is 4.22. The molecule has 1 unspecified atom stereocenters. The standard InChI is InChI=1S/C15H28N2/c1-13(2)12(14(13,3)4)17-10-11-9-15(11)5-7-16-8-6-15/h11-12,16-17H,5-10H2,1-4H3. The average Bonchev–Trinajstić information content (AvgIpc) is 3.01. The van der Waals surface area contributed by atoms with Gasteiger partial charge in [-0.05, 0) is 61.1 Å². The van der Waals surface area contributed by atoms with Crippen molar-refractivity contribution in [3.63, 3.8) is 0 Å². The molecule has 1 atom stereocenters. The molecule has 0 radical (unpaired) electrons. The van der Waals surface area contributed by atoms with Crippen molar-refractivity contribution in [3.8, 4) is 0 Å². The molecule has 1 heterocycles. The molecule has 0 aromatic carbocycles. The van der Waals surface area contributed by atoms with Crippen LogP contribution in [-0.4, -0.2) is 25.7 Å². The minimum absolute atomic E-state index is 0.489. The molecule has 2 nitrogen and oxygen atoms in total. The number of piperidine rings is 1. The third kappa shape index (κ3) is 1.67. The molecule has 1 spiro atoms. The highest BCUT2D eigenvalue weighted by molar-refractivity contribution is 5.18. The SMILES string of the molecule is CC1(C)C(NCC2CC23CCNCC3)C1(C)C. The second-order valence-corrected chi connectivity index (χ2v) is 7.80. The van der Waals surface area contributed by atoms with Crippen LogP contribution in [0.3, 0.4) is 0 Å². The largest absolute Gasteiger partial charge is 0.317 e. The molecule has 1 aliphatic heterocycles. The molecular weight excluding hydrogens is 208 g/mol. The van der Waals surface area contributed by atoms with Crippen LogP contribution in [0.25, 0.3) is 0 Å². The monoisotopic (exact) mass is 236 g/mol. The molecule has 3 rings (SSSR count). The van der Waals surface area contributed by atoms with Gasteiger partial charge in [0.2, 0.25) is 0 Å². The van der Waals surface area contributed by atoms with Gasteiger partial charge in [0.05, 0.1) is 0 Å². The van der Waals surface area contributed by atoms with E-state index in [9.17, 15) is 0 Å². The Bertz CT molecular complexity index is 299. The number of hydrogen-bond acceptors (Lipinski definition) is 2. The summed E-state index contributed by atoms with van der Waals surface area (Å²) in [6, 6.07) is 0.731. The van der Waals surface area contributed by atoms with Crippen molar-refractivity contribution in [1.82, 2.24) is 10.6 Å². The lowest BCUT2D eigenvalue weighted by Crippen LogP contribution is -2.32. The third-order valence-electron chi connectivity index (χ3n) is 6.55. The van der Waals surface area contributed by atoms with Crippen LogP contribution < -0.4 is 10.6 Å². The molecule has 2 heteroatoms. The summed E-state index contributed by atoms with van der Waals surface area (Å²) < 4.78 is 0. The van der Waals surface area contributed by atoms with Crippen LogP contribution in [0.4, 0.5) is 0 Å². The minimum atomic E-state index is 0.489. The highest BCUT2D eigenvalue weighted by Crippen LogP contribution is 2.63. The van der Waals surface area contributed by atoms with Crippen molar-refractivity contribution in [2.45, 2.75) is 53.0 Å². The van der Waals surface area contributed by atoms with Crippen LogP contribution in [0.5, 0.6) is 0 Å². The van der Waals surface area contributed by atoms with Crippen LogP contribution in [-0.2, 0) is 0 Å². The number of hydrogen-bond donors (Lipinski definition) is 2. The molecule has 2 aliphatic carbocycles. The Hall–Kier alpha value is -0.0800. The van der Waals surface area contributed by atoms with Gasteiger partial charge in [-0.3, -0.25) is 0 Å². The summed E-state index contributed by atoms with van der Waals surface area (Å²) in [5.74, 6) is 0.969. The van der Waals surface area contributed by atoms with E-state index in [1.165, 1.54) is 38.9 Å². The molecule has 3 aliphatic rings. The maximum atomic E-state index is 3.85. The summed E-state index contributed by atoms with van der Waals surface area (Å²) in [7, 11) is 0. The van der Waals surface area contributed by atoms with Gasteiger partial charge in [-0.1, -0.05) is 27.7 Å². The Morgan fingerprint density at radius 3 is 2.18 bits per heavy atom. The highest BCUT2D eigenvalue weighted by Gasteiger charge is 2.65. The Kier molecular flexibility index (Phi) is 2.45. The highest BCUT2D eigenvalue weighted by atomic mass is 15.1. The van der Waals surface area contributed by atoms with Crippen LogP contribution in [0.15, 0.2) is 0 Å². The van der Waals surface area contributed by atoms with E-state index in [1.54, 1.807) is 0 Å². The van der Waals surface area contributed by atoms with Gasteiger partial charge >= 0.3 is 0 Å². The van der Waals surface area contributed by atoms with E-state index in [1.807, 2.05) is 0 Å². The lowest BCUT2D eigenvalue weighted by atomic mass is 9.92. The Balaban J connectivity index is 1.48. The zero-order chi connectivity index (χ0) is 12.3. The van der Waals surface area contributed by atoms with Gasteiger partial charge in [0, 0.05) is 6.04 Å². The first-order valence-electron chi connectivity index (χ1n) is 7.34. The van der Waals surface area contributed by atoms with Crippen molar-refractivity contribution < 1.29 is 0 Å². The molecule has 98 valence electrons. The Morgan fingerprint density at radius 2 is 1.65 bits per heavy atom. The molecule has 0 aromatic rings. The van der Waals surface area contributed by atoms with Crippen LogP contribution in [0.2, 0.25) is 0 Å². The first kappa shape index (κ1) is 12.0. The predicted molar refractivity (Wildman–Crippen MR) is 72.0 cm³/mol. The quantitative estimate of drug-likeness (QED) is 0.786. The van der Waals surface area contributed by atoms with Crippen LogP contribution in [0, 0.1) is 22.2 Å². The molecule has 0 amide bonds. The smallest absolute Gasteiger partial charge is 0.0181 e. The molecular formula is C15H28N2. The van der Waals surface area contributed by atoms with Gasteiger partial charge < -0.3 is 10.6 Å². The zero-order valence-electron chi connectivity index (χ0n) is 11.9. The first-order valence-corrected chi connectivity index (χ1v) is 7.34. The van der Waals surface area contributed by atoms with Crippen LogP contribution >= 0.6 is 0 Å². The van der Waals surface area contributed by atoms with E-state index < -0.39 is 0 Å². The van der Waals surface area contributed by atoms with E-state index in [-0.39, 0.29) is 0 Å². The maximum Gasteiger partial charge on any atom is 0.0181 e. The first-order chi connectivity index (χ1) is 7.90. The van der Waals surface area contributed by atoms with Crippen molar-refractivity contribution in [2.75, 3.05) is 19.6 Å². The van der Waals surface area contributed by atoms with Gasteiger partial charge in [0.1, 0.15) is 0 Å². The van der Waals surface area contributed by atoms with E-state index in [0.29, 0.717) is 10.8 Å². The lowest BCUT2D eigenvalue weighted by molar-refractivity contribution is 0.316. The molecule has 3 fully saturated rings. The summed E-state index contributed by atoms with van der Waals surface area (Å²) in [5.41, 5.74) is 1.72. The van der Waals surface area contributed by atoms with Gasteiger partial charge in [-0.2, -0.15) is 0 Å². The summed E-state index contributed by atoms with van der Waals surface area (Å²) in [5, 5.41) is 7.33. The Labute approximate surface area is 106 Å². The number of nitrogens with one attached hydrogen (secondary N) is 2. The van der Waals surface area contributed by atoms with Crippen molar-refractivity contribution in [1.29, 1.82) is 0 Å². The van der Waals surface area contributed by atoms with Gasteiger partial charge in [-0.15, -0.1) is 0 Å². The molecule has 2 saturated carbocycles.